The Bertz CT molecular complexity index is 955. The van der Waals surface area contributed by atoms with E-state index >= 15 is 0 Å². The van der Waals surface area contributed by atoms with Crippen LogP contribution < -0.4 is 0 Å². The maximum atomic E-state index is 13.0. The molecule has 2 aromatic rings. The molecule has 10 heteroatoms. The molecule has 0 bridgehead atoms. The van der Waals surface area contributed by atoms with E-state index in [0.29, 0.717) is 10.4 Å². The Kier molecular flexibility index (Phi) is 6.37. The number of rotatable bonds is 9. The van der Waals surface area contributed by atoms with Gasteiger partial charge in [-0.2, -0.15) is 0 Å². The van der Waals surface area contributed by atoms with Crippen LogP contribution in [-0.4, -0.2) is 58.1 Å². The number of nitro benzene ring substituents is 1. The molecule has 1 aromatic carbocycles. The molecule has 1 aromatic heterocycles. The van der Waals surface area contributed by atoms with Crippen molar-refractivity contribution in [3.05, 3.63) is 73.7 Å². The maximum absolute atomic E-state index is 13.0. The first-order valence-electron chi connectivity index (χ1n) is 8.71. The van der Waals surface area contributed by atoms with Crippen LogP contribution in [0.4, 0.5) is 5.69 Å². The SMILES string of the molecule is O=C(C1=C(O)C(=O)N(CCOCCO)[C@H]1c1cccc([N+](=O)[O-])c1)c1cccs1. The molecule has 29 heavy (non-hydrogen) atoms. The Labute approximate surface area is 169 Å². The molecule has 0 unspecified atom stereocenters. The highest BCUT2D eigenvalue weighted by Crippen LogP contribution is 2.40. The van der Waals surface area contributed by atoms with E-state index in [1.54, 1.807) is 23.6 Å². The molecule has 2 N–H and O–H groups in total. The van der Waals surface area contributed by atoms with Crippen molar-refractivity contribution in [1.29, 1.82) is 0 Å². The Balaban J connectivity index is 2.02. The summed E-state index contributed by atoms with van der Waals surface area (Å²) >= 11 is 1.17. The predicted molar refractivity (Wildman–Crippen MR) is 104 cm³/mol. The largest absolute Gasteiger partial charge is 0.503 e. The molecule has 3 rings (SSSR count). The van der Waals surface area contributed by atoms with Gasteiger partial charge in [0.1, 0.15) is 0 Å². The lowest BCUT2D eigenvalue weighted by Crippen LogP contribution is -2.34. The van der Waals surface area contributed by atoms with E-state index in [1.165, 1.54) is 34.4 Å². The third kappa shape index (κ3) is 4.19. The number of hydrogen-bond acceptors (Lipinski definition) is 8. The zero-order valence-corrected chi connectivity index (χ0v) is 16.0. The lowest BCUT2D eigenvalue weighted by molar-refractivity contribution is -0.384. The second kappa shape index (κ2) is 8.95. The second-order valence-corrected chi connectivity index (χ2v) is 7.11. The van der Waals surface area contributed by atoms with Crippen LogP contribution in [-0.2, 0) is 9.53 Å². The van der Waals surface area contributed by atoms with Crippen molar-refractivity contribution in [2.45, 2.75) is 6.04 Å². The van der Waals surface area contributed by atoms with Gasteiger partial charge in [0.05, 0.1) is 41.2 Å². The highest BCUT2D eigenvalue weighted by atomic mass is 32.1. The highest BCUT2D eigenvalue weighted by molar-refractivity contribution is 7.12. The van der Waals surface area contributed by atoms with Gasteiger partial charge >= 0.3 is 0 Å². The van der Waals surface area contributed by atoms with Gasteiger partial charge in [0.2, 0.25) is 5.78 Å². The van der Waals surface area contributed by atoms with E-state index in [4.69, 9.17) is 9.84 Å². The van der Waals surface area contributed by atoms with Gasteiger partial charge in [-0.1, -0.05) is 18.2 Å². The molecular weight excluding hydrogens is 400 g/mol. The quantitative estimate of drug-likeness (QED) is 0.276. The average molecular weight is 418 g/mol. The number of aliphatic hydroxyl groups excluding tert-OH is 2. The fourth-order valence-electron chi connectivity index (χ4n) is 3.14. The number of aliphatic hydroxyl groups is 2. The fraction of sp³-hybridized carbons (Fsp3) is 0.263. The number of hydrogen-bond donors (Lipinski definition) is 2. The van der Waals surface area contributed by atoms with Gasteiger partial charge in [0.15, 0.2) is 5.76 Å². The zero-order chi connectivity index (χ0) is 21.0. The Hall–Kier alpha value is -3.08. The van der Waals surface area contributed by atoms with Crippen LogP contribution in [0.25, 0.3) is 0 Å². The van der Waals surface area contributed by atoms with Gasteiger partial charge in [0, 0.05) is 18.7 Å². The molecular formula is C19H18N2O7S. The van der Waals surface area contributed by atoms with Crippen LogP contribution in [0.15, 0.2) is 53.1 Å². The van der Waals surface area contributed by atoms with E-state index in [-0.39, 0.29) is 37.6 Å². The minimum absolute atomic E-state index is 0.0253. The van der Waals surface area contributed by atoms with Gasteiger partial charge in [-0.05, 0) is 17.0 Å². The lowest BCUT2D eigenvalue weighted by atomic mass is 9.95. The number of carbonyl (C=O) groups excluding carboxylic acids is 2. The summed E-state index contributed by atoms with van der Waals surface area (Å²) < 4.78 is 5.21. The molecule has 1 aliphatic heterocycles. The van der Waals surface area contributed by atoms with Crippen LogP contribution in [0.2, 0.25) is 0 Å². The van der Waals surface area contributed by atoms with Crippen LogP contribution in [0.3, 0.4) is 0 Å². The molecule has 2 heterocycles. The number of benzene rings is 1. The standard InChI is InChI=1S/C19H18N2O7S/c22-7-9-28-8-6-20-16(12-3-1-4-13(11-12)21(26)27)15(18(24)19(20)25)17(23)14-5-2-10-29-14/h1-5,10-11,16,22,24H,6-9H2/t16-/m0/s1. The number of nitro groups is 1. The van der Waals surface area contributed by atoms with E-state index in [0.717, 1.165) is 0 Å². The molecule has 152 valence electrons. The molecule has 0 saturated carbocycles. The summed E-state index contributed by atoms with van der Waals surface area (Å²) in [5.41, 5.74) is 0.0134. The molecule has 0 radical (unpaired) electrons. The number of non-ortho nitro benzene ring substituents is 1. The average Bonchev–Trinajstić information content (AvgIpc) is 3.33. The summed E-state index contributed by atoms with van der Waals surface area (Å²) in [6.07, 6.45) is 0. The van der Waals surface area contributed by atoms with Crippen LogP contribution in [0, 0.1) is 10.1 Å². The van der Waals surface area contributed by atoms with Crippen molar-refractivity contribution in [1.82, 2.24) is 4.90 Å². The summed E-state index contributed by atoms with van der Waals surface area (Å²) in [6.45, 7) is -0.0271. The van der Waals surface area contributed by atoms with Gasteiger partial charge in [-0.3, -0.25) is 19.7 Å². The number of nitrogens with zero attached hydrogens (tertiary/aromatic N) is 2. The number of ether oxygens (including phenoxy) is 1. The van der Waals surface area contributed by atoms with Crippen LogP contribution >= 0.6 is 11.3 Å². The van der Waals surface area contributed by atoms with Crippen molar-refractivity contribution in [2.75, 3.05) is 26.4 Å². The van der Waals surface area contributed by atoms with Gasteiger partial charge in [-0.25, -0.2) is 0 Å². The predicted octanol–water partition coefficient (Wildman–Crippen LogP) is 2.24. The molecule has 1 aliphatic rings. The van der Waals surface area contributed by atoms with E-state index in [9.17, 15) is 24.8 Å². The summed E-state index contributed by atoms with van der Waals surface area (Å²) in [5, 5.41) is 32.2. The van der Waals surface area contributed by atoms with Gasteiger partial charge < -0.3 is 19.8 Å². The number of thiophene rings is 1. The summed E-state index contributed by atoms with van der Waals surface area (Å²) in [5.74, 6) is -1.95. The second-order valence-electron chi connectivity index (χ2n) is 6.16. The minimum atomic E-state index is -0.991. The number of Topliss-reactive ketones (excluding diaryl/α,β-unsaturated/α-hetero) is 1. The Morgan fingerprint density at radius 3 is 2.72 bits per heavy atom. The minimum Gasteiger partial charge on any atom is -0.503 e. The van der Waals surface area contributed by atoms with E-state index in [1.807, 2.05) is 0 Å². The molecule has 1 atom stereocenters. The molecule has 1 amide bonds. The van der Waals surface area contributed by atoms with E-state index < -0.39 is 28.4 Å². The van der Waals surface area contributed by atoms with E-state index in [2.05, 4.69) is 0 Å². The monoisotopic (exact) mass is 418 g/mol. The summed E-state index contributed by atoms with van der Waals surface area (Å²) in [6, 6.07) is 7.87. The first-order chi connectivity index (χ1) is 14.0. The third-order valence-corrected chi connectivity index (χ3v) is 5.27. The third-order valence-electron chi connectivity index (χ3n) is 4.40. The molecule has 0 fully saturated rings. The maximum Gasteiger partial charge on any atom is 0.290 e. The molecule has 9 nitrogen and oxygen atoms in total. The van der Waals surface area contributed by atoms with Crippen molar-refractivity contribution >= 4 is 28.7 Å². The molecule has 0 saturated heterocycles. The molecule has 0 aliphatic carbocycles. The topological polar surface area (TPSA) is 130 Å². The number of carbonyl (C=O) groups is 2. The summed E-state index contributed by atoms with van der Waals surface area (Å²) in [4.78, 5) is 37.9. The summed E-state index contributed by atoms with van der Waals surface area (Å²) in [7, 11) is 0. The highest BCUT2D eigenvalue weighted by Gasteiger charge is 2.44. The molecule has 0 spiro atoms. The lowest BCUT2D eigenvalue weighted by Gasteiger charge is -2.26. The smallest absolute Gasteiger partial charge is 0.290 e. The van der Waals surface area contributed by atoms with Crippen molar-refractivity contribution < 1.29 is 29.5 Å². The zero-order valence-electron chi connectivity index (χ0n) is 15.2. The Morgan fingerprint density at radius 2 is 2.07 bits per heavy atom. The van der Waals surface area contributed by atoms with Crippen molar-refractivity contribution in [3.8, 4) is 0 Å². The number of amides is 1. The Morgan fingerprint density at radius 1 is 1.28 bits per heavy atom. The normalized spacial score (nSPS) is 16.5. The number of ketones is 1. The van der Waals surface area contributed by atoms with Crippen LogP contribution in [0.5, 0.6) is 0 Å². The first kappa shape index (κ1) is 20.6. The van der Waals surface area contributed by atoms with Crippen molar-refractivity contribution in [2.24, 2.45) is 0 Å². The first-order valence-corrected chi connectivity index (χ1v) is 9.59. The van der Waals surface area contributed by atoms with Gasteiger partial charge in [0.25, 0.3) is 11.6 Å². The fourth-order valence-corrected chi connectivity index (χ4v) is 3.82. The van der Waals surface area contributed by atoms with Crippen molar-refractivity contribution in [3.63, 3.8) is 0 Å². The van der Waals surface area contributed by atoms with Gasteiger partial charge in [-0.15, -0.1) is 11.3 Å². The van der Waals surface area contributed by atoms with Crippen LogP contribution in [0.1, 0.15) is 21.3 Å².